The molecule has 0 spiro atoms. The number of nitrogens with one attached hydrogen (secondary N) is 1. The number of nitrogens with zero attached hydrogens (tertiary/aromatic N) is 1. The predicted octanol–water partition coefficient (Wildman–Crippen LogP) is 3.44. The lowest BCUT2D eigenvalue weighted by Gasteiger charge is -2.29. The van der Waals surface area contributed by atoms with Crippen LogP contribution in [0.4, 0.5) is 5.69 Å². The van der Waals surface area contributed by atoms with Gasteiger partial charge in [0.15, 0.2) is 0 Å². The van der Waals surface area contributed by atoms with Crippen LogP contribution in [0.2, 0.25) is 5.02 Å². The SMILES string of the molecule is CCCN(CCO)c1c(Cl)cccc1CNC(C)(C)C. The fraction of sp³-hybridized carbons (Fsp3) is 0.625. The van der Waals surface area contributed by atoms with Crippen molar-refractivity contribution in [3.63, 3.8) is 0 Å². The summed E-state index contributed by atoms with van der Waals surface area (Å²) in [5, 5.41) is 13.5. The number of hydrogen-bond acceptors (Lipinski definition) is 3. The number of anilines is 1. The Morgan fingerprint density at radius 1 is 1.25 bits per heavy atom. The molecular weight excluding hydrogens is 272 g/mol. The lowest BCUT2D eigenvalue weighted by molar-refractivity contribution is 0.301. The van der Waals surface area contributed by atoms with Gasteiger partial charge in [0.05, 0.1) is 17.3 Å². The molecule has 0 heterocycles. The third-order valence-electron chi connectivity index (χ3n) is 3.06. The van der Waals surface area contributed by atoms with Crippen LogP contribution in [0.1, 0.15) is 39.7 Å². The van der Waals surface area contributed by atoms with E-state index in [1.165, 1.54) is 5.56 Å². The number of hydrogen-bond donors (Lipinski definition) is 2. The van der Waals surface area contributed by atoms with Gasteiger partial charge in [-0.25, -0.2) is 0 Å². The molecule has 0 aromatic heterocycles. The summed E-state index contributed by atoms with van der Waals surface area (Å²) in [6, 6.07) is 5.99. The Kier molecular flexibility index (Phi) is 6.80. The quantitative estimate of drug-likeness (QED) is 0.809. The summed E-state index contributed by atoms with van der Waals surface area (Å²) in [7, 11) is 0. The second-order valence-electron chi connectivity index (χ2n) is 6.06. The fourth-order valence-corrected chi connectivity index (χ4v) is 2.46. The molecule has 0 fully saturated rings. The van der Waals surface area contributed by atoms with Gasteiger partial charge in [0, 0.05) is 25.2 Å². The lowest BCUT2D eigenvalue weighted by atomic mass is 10.1. The van der Waals surface area contributed by atoms with Gasteiger partial charge < -0.3 is 15.3 Å². The summed E-state index contributed by atoms with van der Waals surface area (Å²) in [6.45, 7) is 11.0. The second kappa shape index (κ2) is 7.87. The van der Waals surface area contributed by atoms with Gasteiger partial charge in [0.25, 0.3) is 0 Å². The average molecular weight is 299 g/mol. The van der Waals surface area contributed by atoms with Gasteiger partial charge in [-0.15, -0.1) is 0 Å². The van der Waals surface area contributed by atoms with E-state index in [0.717, 1.165) is 30.2 Å². The van der Waals surface area contributed by atoms with Gasteiger partial charge in [-0.1, -0.05) is 30.7 Å². The molecule has 114 valence electrons. The molecule has 3 nitrogen and oxygen atoms in total. The number of para-hydroxylation sites is 1. The zero-order valence-electron chi connectivity index (χ0n) is 13.0. The molecule has 0 saturated heterocycles. The monoisotopic (exact) mass is 298 g/mol. The molecule has 0 aliphatic rings. The zero-order valence-corrected chi connectivity index (χ0v) is 13.8. The van der Waals surface area contributed by atoms with Gasteiger partial charge in [0.2, 0.25) is 0 Å². The molecule has 1 aromatic rings. The molecule has 4 heteroatoms. The van der Waals surface area contributed by atoms with E-state index in [1.807, 2.05) is 12.1 Å². The first-order valence-electron chi connectivity index (χ1n) is 7.27. The van der Waals surface area contributed by atoms with Crippen molar-refractivity contribution < 1.29 is 5.11 Å². The third kappa shape index (κ3) is 5.31. The molecular formula is C16H27ClN2O. The Bertz CT molecular complexity index is 409. The second-order valence-corrected chi connectivity index (χ2v) is 6.47. The molecule has 1 rings (SSSR count). The number of benzene rings is 1. The Balaban J connectivity index is 3.02. The van der Waals surface area contributed by atoms with E-state index in [9.17, 15) is 5.11 Å². The van der Waals surface area contributed by atoms with Crippen LogP contribution in [0.15, 0.2) is 18.2 Å². The van der Waals surface area contributed by atoms with Crippen LogP contribution >= 0.6 is 11.6 Å². The highest BCUT2D eigenvalue weighted by molar-refractivity contribution is 6.33. The molecule has 0 amide bonds. The van der Waals surface area contributed by atoms with Crippen LogP contribution in [0.3, 0.4) is 0 Å². The first kappa shape index (κ1) is 17.3. The Morgan fingerprint density at radius 2 is 1.95 bits per heavy atom. The van der Waals surface area contributed by atoms with E-state index in [0.29, 0.717) is 6.54 Å². The molecule has 20 heavy (non-hydrogen) atoms. The number of aliphatic hydroxyl groups is 1. The molecule has 1 aromatic carbocycles. The highest BCUT2D eigenvalue weighted by Gasteiger charge is 2.16. The van der Waals surface area contributed by atoms with Crippen molar-refractivity contribution >= 4 is 17.3 Å². The van der Waals surface area contributed by atoms with E-state index < -0.39 is 0 Å². The minimum Gasteiger partial charge on any atom is -0.395 e. The maximum atomic E-state index is 9.27. The number of halogens is 1. The Labute approximate surface area is 127 Å². The van der Waals surface area contributed by atoms with Gasteiger partial charge in [-0.3, -0.25) is 0 Å². The molecule has 0 atom stereocenters. The van der Waals surface area contributed by atoms with Crippen molar-refractivity contribution in [2.24, 2.45) is 0 Å². The average Bonchev–Trinajstić information content (AvgIpc) is 2.35. The summed E-state index contributed by atoms with van der Waals surface area (Å²) < 4.78 is 0. The molecule has 0 unspecified atom stereocenters. The summed E-state index contributed by atoms with van der Waals surface area (Å²) in [6.07, 6.45) is 1.03. The van der Waals surface area contributed by atoms with Crippen LogP contribution in [0, 0.1) is 0 Å². The minimum absolute atomic E-state index is 0.0617. The largest absolute Gasteiger partial charge is 0.395 e. The number of rotatable bonds is 7. The number of aliphatic hydroxyl groups excluding tert-OH is 1. The molecule has 0 radical (unpaired) electrons. The minimum atomic E-state index is 0.0617. The third-order valence-corrected chi connectivity index (χ3v) is 3.36. The lowest BCUT2D eigenvalue weighted by Crippen LogP contribution is -2.36. The molecule has 0 bridgehead atoms. The van der Waals surface area contributed by atoms with Crippen molar-refractivity contribution in [2.75, 3.05) is 24.6 Å². The van der Waals surface area contributed by atoms with Crippen LogP contribution in [0.25, 0.3) is 0 Å². The normalized spacial score (nSPS) is 11.7. The Morgan fingerprint density at radius 3 is 2.50 bits per heavy atom. The van der Waals surface area contributed by atoms with Crippen molar-refractivity contribution in [1.82, 2.24) is 5.32 Å². The first-order chi connectivity index (χ1) is 9.39. The van der Waals surface area contributed by atoms with Gasteiger partial charge in [-0.05, 0) is 38.8 Å². The van der Waals surface area contributed by atoms with Crippen molar-refractivity contribution in [1.29, 1.82) is 0 Å². The van der Waals surface area contributed by atoms with E-state index >= 15 is 0 Å². The predicted molar refractivity (Wildman–Crippen MR) is 87.6 cm³/mol. The zero-order chi connectivity index (χ0) is 15.2. The van der Waals surface area contributed by atoms with Crippen molar-refractivity contribution in [3.8, 4) is 0 Å². The molecule has 2 N–H and O–H groups in total. The summed E-state index contributed by atoms with van der Waals surface area (Å²) in [5.41, 5.74) is 2.28. The Hall–Kier alpha value is -0.770. The molecule has 0 aliphatic heterocycles. The first-order valence-corrected chi connectivity index (χ1v) is 7.65. The van der Waals surface area contributed by atoms with Crippen LogP contribution in [-0.4, -0.2) is 30.3 Å². The maximum Gasteiger partial charge on any atom is 0.0642 e. The molecule has 0 saturated carbocycles. The fourth-order valence-electron chi connectivity index (χ4n) is 2.14. The van der Waals surface area contributed by atoms with E-state index in [-0.39, 0.29) is 12.1 Å². The van der Waals surface area contributed by atoms with Gasteiger partial charge in [0.1, 0.15) is 0 Å². The molecule has 0 aliphatic carbocycles. The van der Waals surface area contributed by atoms with Crippen LogP contribution in [-0.2, 0) is 6.54 Å². The van der Waals surface area contributed by atoms with Gasteiger partial charge in [-0.2, -0.15) is 0 Å². The smallest absolute Gasteiger partial charge is 0.0642 e. The van der Waals surface area contributed by atoms with E-state index in [2.05, 4.69) is 44.0 Å². The van der Waals surface area contributed by atoms with E-state index in [4.69, 9.17) is 11.6 Å². The topological polar surface area (TPSA) is 35.5 Å². The highest BCUT2D eigenvalue weighted by Crippen LogP contribution is 2.30. The summed E-state index contributed by atoms with van der Waals surface area (Å²) in [5.74, 6) is 0. The highest BCUT2D eigenvalue weighted by atomic mass is 35.5. The van der Waals surface area contributed by atoms with Crippen molar-refractivity contribution in [2.45, 2.75) is 46.2 Å². The van der Waals surface area contributed by atoms with Crippen LogP contribution in [0.5, 0.6) is 0 Å². The van der Waals surface area contributed by atoms with Gasteiger partial charge >= 0.3 is 0 Å². The standard InChI is InChI=1S/C16H27ClN2O/c1-5-9-19(10-11-20)15-13(7-6-8-14(15)17)12-18-16(2,3)4/h6-8,18,20H,5,9-12H2,1-4H3. The van der Waals surface area contributed by atoms with Crippen LogP contribution < -0.4 is 10.2 Å². The summed E-state index contributed by atoms with van der Waals surface area (Å²) >= 11 is 6.39. The maximum absolute atomic E-state index is 9.27. The van der Waals surface area contributed by atoms with Crippen molar-refractivity contribution in [3.05, 3.63) is 28.8 Å². The van der Waals surface area contributed by atoms with E-state index in [1.54, 1.807) is 0 Å². The summed E-state index contributed by atoms with van der Waals surface area (Å²) in [4.78, 5) is 2.17.